The number of amides is 2. The summed E-state index contributed by atoms with van der Waals surface area (Å²) in [6.07, 6.45) is 25.0. The first-order valence-electron chi connectivity index (χ1n) is 23.4. The van der Waals surface area contributed by atoms with E-state index in [9.17, 15) is 9.59 Å². The van der Waals surface area contributed by atoms with Crippen LogP contribution in [0.2, 0.25) is 0 Å². The maximum Gasteiger partial charge on any atom is 0.219 e. The average Bonchev–Trinajstić information content (AvgIpc) is 3.32. The lowest BCUT2D eigenvalue weighted by atomic mass is 10.1. The van der Waals surface area contributed by atoms with E-state index < -0.39 is 0 Å². The van der Waals surface area contributed by atoms with Crippen LogP contribution in [-0.4, -0.2) is 92.7 Å². The number of aryl methyl sites for hydroxylation is 2. The molecule has 11 heteroatoms. The number of rotatable bonds is 32. The number of carbonyl (C=O) groups excluding carboxylic acids is 2. The summed E-state index contributed by atoms with van der Waals surface area (Å²) in [6.45, 7) is 13.9. The Balaban J connectivity index is 0.000000887. The number of nitrogens with zero attached hydrogens (tertiary/aromatic N) is 4. The molecule has 352 valence electrons. The number of carbonyl (C=O) groups is 2. The summed E-state index contributed by atoms with van der Waals surface area (Å²) in [5.74, 6) is 0.212. The van der Waals surface area contributed by atoms with Gasteiger partial charge >= 0.3 is 0 Å². The van der Waals surface area contributed by atoms with Gasteiger partial charge in [0.05, 0.1) is 26.4 Å². The third kappa shape index (κ3) is 25.5. The Labute approximate surface area is 390 Å². The fourth-order valence-electron chi connectivity index (χ4n) is 6.50. The average molecular weight is 891 g/mol. The minimum Gasteiger partial charge on any atom is -0.379 e. The van der Waals surface area contributed by atoms with E-state index >= 15 is 0 Å². The highest BCUT2D eigenvalue weighted by Crippen LogP contribution is 2.15. The van der Waals surface area contributed by atoms with Gasteiger partial charge in [0.1, 0.15) is 13.1 Å². The van der Waals surface area contributed by atoms with E-state index in [1.165, 1.54) is 22.5 Å². The number of aromatic nitrogens is 2. The van der Waals surface area contributed by atoms with E-state index in [2.05, 4.69) is 152 Å². The van der Waals surface area contributed by atoms with Gasteiger partial charge in [0, 0.05) is 116 Å². The molecule has 0 aliphatic rings. The number of hydrogen-bond donors (Lipinski definition) is 2. The van der Waals surface area contributed by atoms with E-state index in [0.29, 0.717) is 65.6 Å². The molecule has 0 atom stereocenters. The molecule has 11 nitrogen and oxygen atoms in total. The highest BCUT2D eigenvalue weighted by molar-refractivity contribution is 5.76. The van der Waals surface area contributed by atoms with Crippen molar-refractivity contribution < 1.29 is 32.9 Å². The lowest BCUT2D eigenvalue weighted by molar-refractivity contribution is -0.697. The van der Waals surface area contributed by atoms with E-state index in [1.807, 2.05) is 40.3 Å². The zero-order valence-corrected chi connectivity index (χ0v) is 39.9. The Kier molecular flexibility index (Phi) is 28.0. The molecule has 2 N–H and O–H groups in total. The maximum atomic E-state index is 12.2. The van der Waals surface area contributed by atoms with E-state index in [4.69, 9.17) is 14.2 Å². The standard InChI is InChI=1S/C44H63N5O5.C10H13N/c1-4-39-21-29-48(30-22-39)27-9-5-7-13-43(50)45-25-11-33-52-35-37-54-38-36-53-34-12-26-46-44(51)14-8-6-10-28-49-31-23-41(24-32-49)16-15-40-17-19-42(20-18-40)47(2)3;1-4-9-5-7-10(8-6-9)11(2)3/h4,15-24,29-32H,1,5-14,25-28,33-38H2,2-3H3;4-8H,1H2,2-3H3/p+2. The molecule has 4 aromatic rings. The fourth-order valence-corrected chi connectivity index (χ4v) is 6.50. The van der Waals surface area contributed by atoms with Crippen LogP contribution >= 0.6 is 0 Å². The minimum atomic E-state index is 0.105. The molecule has 0 spiro atoms. The van der Waals surface area contributed by atoms with Crippen molar-refractivity contribution in [2.75, 3.05) is 90.7 Å². The molecule has 0 saturated carbocycles. The number of hydrogen-bond acceptors (Lipinski definition) is 7. The molecule has 4 rings (SSSR count). The van der Waals surface area contributed by atoms with Gasteiger partial charge in [-0.2, -0.15) is 0 Å². The number of unbranched alkanes of at least 4 members (excludes halogenated alkanes) is 4. The highest BCUT2D eigenvalue weighted by Gasteiger charge is 2.06. The largest absolute Gasteiger partial charge is 0.379 e. The van der Waals surface area contributed by atoms with Crippen molar-refractivity contribution in [3.05, 3.63) is 133 Å². The molecular formula is C54H78N6O5+2. The SMILES string of the molecule is C=Cc1cc[n+](CCCCCC(=O)NCCCOCCOCCOCCCNC(=O)CCCCC[n+]2ccc(C=Cc3ccc(N(C)C)cc3)cc2)cc1.C=Cc1ccc(N(C)C)cc1. The number of ether oxygens (including phenoxy) is 3. The second-order valence-corrected chi connectivity index (χ2v) is 16.3. The molecule has 0 radical (unpaired) electrons. The van der Waals surface area contributed by atoms with Crippen LogP contribution in [-0.2, 0) is 36.9 Å². The Morgan fingerprint density at radius 1 is 0.477 bits per heavy atom. The van der Waals surface area contributed by atoms with Gasteiger partial charge in [-0.1, -0.05) is 61.7 Å². The third-order valence-corrected chi connectivity index (χ3v) is 10.6. The van der Waals surface area contributed by atoms with Crippen LogP contribution in [0.15, 0.2) is 111 Å². The van der Waals surface area contributed by atoms with Crippen molar-refractivity contribution in [3.63, 3.8) is 0 Å². The van der Waals surface area contributed by atoms with Crippen LogP contribution in [0.1, 0.15) is 86.5 Å². The fraction of sp³-hybridized carbons (Fsp3) is 0.444. The van der Waals surface area contributed by atoms with Gasteiger partial charge in [-0.25, -0.2) is 9.13 Å². The lowest BCUT2D eigenvalue weighted by Gasteiger charge is -2.11. The first-order chi connectivity index (χ1) is 31.7. The Bertz CT molecular complexity index is 1910. The lowest BCUT2D eigenvalue weighted by Crippen LogP contribution is -2.32. The molecule has 2 aromatic carbocycles. The van der Waals surface area contributed by atoms with Gasteiger partial charge in [-0.05, 0) is 85.0 Å². The summed E-state index contributed by atoms with van der Waals surface area (Å²) in [5, 5.41) is 5.96. The maximum absolute atomic E-state index is 12.2. The second-order valence-electron chi connectivity index (χ2n) is 16.3. The molecule has 65 heavy (non-hydrogen) atoms. The van der Waals surface area contributed by atoms with Crippen molar-refractivity contribution in [2.45, 2.75) is 77.3 Å². The van der Waals surface area contributed by atoms with Crippen molar-refractivity contribution in [1.82, 2.24) is 10.6 Å². The molecule has 0 bridgehead atoms. The van der Waals surface area contributed by atoms with E-state index in [0.717, 1.165) is 75.6 Å². The first kappa shape index (κ1) is 53.7. The number of nitrogens with one attached hydrogen (secondary N) is 2. The number of pyridine rings is 2. The smallest absolute Gasteiger partial charge is 0.219 e. The Hall–Kier alpha value is -5.62. The van der Waals surface area contributed by atoms with Crippen LogP contribution in [0.4, 0.5) is 11.4 Å². The summed E-state index contributed by atoms with van der Waals surface area (Å²) in [7, 11) is 8.15. The zero-order valence-electron chi connectivity index (χ0n) is 39.9. The topological polar surface area (TPSA) is 100 Å². The minimum absolute atomic E-state index is 0.105. The van der Waals surface area contributed by atoms with Crippen LogP contribution in [0.25, 0.3) is 24.3 Å². The second kappa shape index (κ2) is 33.8. The summed E-state index contributed by atoms with van der Waals surface area (Å²) >= 11 is 0. The van der Waals surface area contributed by atoms with Crippen molar-refractivity contribution in [1.29, 1.82) is 0 Å². The Morgan fingerprint density at radius 3 is 1.23 bits per heavy atom. The van der Waals surface area contributed by atoms with Gasteiger partial charge in [-0.3, -0.25) is 9.59 Å². The summed E-state index contributed by atoms with van der Waals surface area (Å²) in [5.41, 5.74) is 7.05. The van der Waals surface area contributed by atoms with Crippen LogP contribution < -0.4 is 29.6 Å². The summed E-state index contributed by atoms with van der Waals surface area (Å²) in [4.78, 5) is 28.4. The summed E-state index contributed by atoms with van der Waals surface area (Å²) < 4.78 is 21.1. The molecule has 0 unspecified atom stereocenters. The van der Waals surface area contributed by atoms with Gasteiger partial charge in [0.2, 0.25) is 11.8 Å². The first-order valence-corrected chi connectivity index (χ1v) is 23.4. The molecule has 0 fully saturated rings. The molecule has 2 heterocycles. The van der Waals surface area contributed by atoms with Crippen molar-refractivity contribution in [3.8, 4) is 0 Å². The van der Waals surface area contributed by atoms with Gasteiger partial charge < -0.3 is 34.6 Å². The van der Waals surface area contributed by atoms with Crippen LogP contribution in [0.5, 0.6) is 0 Å². The van der Waals surface area contributed by atoms with Crippen LogP contribution in [0.3, 0.4) is 0 Å². The molecular weight excluding hydrogens is 813 g/mol. The van der Waals surface area contributed by atoms with Gasteiger partial charge in [0.25, 0.3) is 0 Å². The normalized spacial score (nSPS) is 10.8. The monoisotopic (exact) mass is 891 g/mol. The molecule has 0 saturated heterocycles. The van der Waals surface area contributed by atoms with E-state index in [1.54, 1.807) is 0 Å². The van der Waals surface area contributed by atoms with Gasteiger partial charge in [-0.15, -0.1) is 0 Å². The Morgan fingerprint density at radius 2 is 0.831 bits per heavy atom. The molecule has 2 aromatic heterocycles. The predicted molar refractivity (Wildman–Crippen MR) is 269 cm³/mol. The van der Waals surface area contributed by atoms with Crippen LogP contribution in [0, 0.1) is 0 Å². The number of anilines is 2. The predicted octanol–water partition coefficient (Wildman–Crippen LogP) is 8.42. The molecule has 2 amide bonds. The van der Waals surface area contributed by atoms with Gasteiger partial charge in [0.15, 0.2) is 24.8 Å². The van der Waals surface area contributed by atoms with Crippen molar-refractivity contribution in [2.24, 2.45) is 0 Å². The molecule has 0 aliphatic heterocycles. The quantitative estimate of drug-likeness (QED) is 0.0376. The number of benzene rings is 2. The zero-order chi connectivity index (χ0) is 46.7. The van der Waals surface area contributed by atoms with Crippen molar-refractivity contribution >= 4 is 47.5 Å². The van der Waals surface area contributed by atoms with E-state index in [-0.39, 0.29) is 11.8 Å². The third-order valence-electron chi connectivity index (χ3n) is 10.6. The molecule has 0 aliphatic carbocycles. The summed E-state index contributed by atoms with van der Waals surface area (Å²) in [6, 6.07) is 25.2. The highest BCUT2D eigenvalue weighted by atomic mass is 16.5.